The fraction of sp³-hybridized carbons (Fsp3) is 0.357. The van der Waals surface area contributed by atoms with Gasteiger partial charge in [0.1, 0.15) is 5.75 Å². The maximum Gasteiger partial charge on any atom is 0.288 e. The first-order valence-corrected chi connectivity index (χ1v) is 7.59. The normalized spacial score (nSPS) is 14.4. The lowest BCUT2D eigenvalue weighted by Crippen LogP contribution is -2.37. The Morgan fingerprint density at radius 1 is 1.38 bits per heavy atom. The first-order valence-electron chi connectivity index (χ1n) is 6.60. The van der Waals surface area contributed by atoms with Gasteiger partial charge in [0.05, 0.1) is 17.9 Å². The molecule has 112 valence electrons. The molecule has 3 amide bonds. The lowest BCUT2D eigenvalue weighted by Gasteiger charge is -2.14. The number of ether oxygens (including phenoxy) is 1. The van der Waals surface area contributed by atoms with Crippen molar-refractivity contribution in [3.05, 3.63) is 29.8 Å². The summed E-state index contributed by atoms with van der Waals surface area (Å²) in [5, 5.41) is 2.43. The van der Waals surface area contributed by atoms with Crippen molar-refractivity contribution in [2.24, 2.45) is 0 Å². The van der Waals surface area contributed by atoms with E-state index in [2.05, 4.69) is 5.32 Å². The predicted octanol–water partition coefficient (Wildman–Crippen LogP) is 1.51. The number of rotatable bonds is 6. The summed E-state index contributed by atoms with van der Waals surface area (Å²) in [7, 11) is 0. The second-order valence-electron chi connectivity index (χ2n) is 4.29. The summed E-state index contributed by atoms with van der Waals surface area (Å²) < 4.78 is 5.39. The molecule has 1 aliphatic heterocycles. The highest BCUT2D eigenvalue weighted by molar-refractivity contribution is 8.14. The molecule has 0 spiro atoms. The van der Waals surface area contributed by atoms with Crippen molar-refractivity contribution >= 4 is 28.8 Å². The van der Waals surface area contributed by atoms with Crippen molar-refractivity contribution < 1.29 is 19.1 Å². The zero-order chi connectivity index (χ0) is 15.2. The number of amides is 3. The molecule has 0 saturated carbocycles. The van der Waals surface area contributed by atoms with E-state index < -0.39 is 0 Å². The summed E-state index contributed by atoms with van der Waals surface area (Å²) in [4.78, 5) is 36.1. The van der Waals surface area contributed by atoms with Crippen LogP contribution in [0, 0.1) is 0 Å². The van der Waals surface area contributed by atoms with Crippen LogP contribution in [0.5, 0.6) is 5.75 Å². The van der Waals surface area contributed by atoms with Gasteiger partial charge in [0.15, 0.2) is 0 Å². The van der Waals surface area contributed by atoms with Gasteiger partial charge in [-0.1, -0.05) is 23.9 Å². The lowest BCUT2D eigenvalue weighted by atomic mass is 10.2. The van der Waals surface area contributed by atoms with Crippen molar-refractivity contribution in [2.75, 3.05) is 25.4 Å². The third-order valence-corrected chi connectivity index (χ3v) is 3.75. The quantitative estimate of drug-likeness (QED) is 0.862. The number of hydrogen-bond acceptors (Lipinski definition) is 5. The van der Waals surface area contributed by atoms with E-state index in [0.29, 0.717) is 17.9 Å². The van der Waals surface area contributed by atoms with Gasteiger partial charge in [0.25, 0.3) is 11.1 Å². The lowest BCUT2D eigenvalue weighted by molar-refractivity contribution is -0.124. The van der Waals surface area contributed by atoms with Crippen molar-refractivity contribution in [1.29, 1.82) is 0 Å². The molecule has 1 aliphatic rings. The first-order chi connectivity index (χ1) is 10.1. The zero-order valence-electron chi connectivity index (χ0n) is 11.6. The van der Waals surface area contributed by atoms with Crippen LogP contribution in [-0.2, 0) is 4.79 Å². The number of thioether (sulfide) groups is 1. The smallest absolute Gasteiger partial charge is 0.288 e. The Kier molecular flexibility index (Phi) is 5.21. The molecule has 1 saturated heterocycles. The Bertz CT molecular complexity index is 546. The minimum Gasteiger partial charge on any atom is -0.493 e. The molecule has 1 aromatic rings. The van der Waals surface area contributed by atoms with Crippen LogP contribution in [0.1, 0.15) is 17.3 Å². The van der Waals surface area contributed by atoms with Crippen LogP contribution < -0.4 is 10.1 Å². The SMILES string of the molecule is CCOc1ccccc1C(=O)NCCN1C(=O)CSC1=O. The average molecular weight is 308 g/mol. The highest BCUT2D eigenvalue weighted by Gasteiger charge is 2.29. The number of para-hydroxylation sites is 1. The highest BCUT2D eigenvalue weighted by Crippen LogP contribution is 2.19. The van der Waals surface area contributed by atoms with E-state index in [0.717, 1.165) is 16.7 Å². The number of imide groups is 1. The summed E-state index contributed by atoms with van der Waals surface area (Å²) in [5.41, 5.74) is 0.438. The Morgan fingerprint density at radius 3 is 2.81 bits per heavy atom. The molecule has 6 nitrogen and oxygen atoms in total. The molecular weight excluding hydrogens is 292 g/mol. The molecule has 0 bridgehead atoms. The van der Waals surface area contributed by atoms with Gasteiger partial charge in [-0.05, 0) is 19.1 Å². The monoisotopic (exact) mass is 308 g/mol. The Balaban J connectivity index is 1.90. The van der Waals surface area contributed by atoms with E-state index in [-0.39, 0.29) is 35.9 Å². The van der Waals surface area contributed by atoms with E-state index in [1.54, 1.807) is 24.3 Å². The summed E-state index contributed by atoms with van der Waals surface area (Å²) >= 11 is 0.982. The molecule has 1 heterocycles. The van der Waals surface area contributed by atoms with Crippen LogP contribution >= 0.6 is 11.8 Å². The predicted molar refractivity (Wildman–Crippen MR) is 79.5 cm³/mol. The van der Waals surface area contributed by atoms with Gasteiger partial charge >= 0.3 is 0 Å². The van der Waals surface area contributed by atoms with E-state index >= 15 is 0 Å². The van der Waals surface area contributed by atoms with E-state index in [1.165, 1.54) is 0 Å². The molecule has 0 aliphatic carbocycles. The molecule has 0 unspecified atom stereocenters. The third-order valence-electron chi connectivity index (χ3n) is 2.89. The van der Waals surface area contributed by atoms with Crippen LogP contribution in [-0.4, -0.2) is 47.4 Å². The maximum atomic E-state index is 12.1. The summed E-state index contributed by atoms with van der Waals surface area (Å²) in [6.45, 7) is 2.72. The molecule has 2 rings (SSSR count). The minimum atomic E-state index is -0.286. The number of nitrogens with one attached hydrogen (secondary N) is 1. The average Bonchev–Trinajstić information content (AvgIpc) is 2.80. The molecular formula is C14H16N2O4S. The summed E-state index contributed by atoms with van der Waals surface area (Å²) in [5.74, 6) is 0.195. The molecule has 1 N–H and O–H groups in total. The van der Waals surface area contributed by atoms with Crippen molar-refractivity contribution in [2.45, 2.75) is 6.92 Å². The molecule has 0 aromatic heterocycles. The molecule has 0 atom stereocenters. The van der Waals surface area contributed by atoms with Crippen LogP contribution in [0.3, 0.4) is 0 Å². The van der Waals surface area contributed by atoms with Crippen LogP contribution in [0.25, 0.3) is 0 Å². The van der Waals surface area contributed by atoms with Gasteiger partial charge in [0, 0.05) is 13.1 Å². The van der Waals surface area contributed by atoms with E-state index in [1.807, 2.05) is 6.92 Å². The summed E-state index contributed by atoms with van der Waals surface area (Å²) in [6, 6.07) is 6.94. The van der Waals surface area contributed by atoms with Crippen molar-refractivity contribution in [1.82, 2.24) is 10.2 Å². The standard InChI is InChI=1S/C14H16N2O4S/c1-2-20-11-6-4-3-5-10(11)13(18)15-7-8-16-12(17)9-21-14(16)19/h3-6H,2,7-9H2,1H3,(H,15,18). The topological polar surface area (TPSA) is 75.7 Å². The molecule has 1 aromatic carbocycles. The minimum absolute atomic E-state index is 0.181. The number of nitrogens with zero attached hydrogens (tertiary/aromatic N) is 1. The van der Waals surface area contributed by atoms with Gasteiger partial charge < -0.3 is 10.1 Å². The largest absolute Gasteiger partial charge is 0.493 e. The van der Waals surface area contributed by atoms with Crippen molar-refractivity contribution in [3.63, 3.8) is 0 Å². The Hall–Kier alpha value is -2.02. The van der Waals surface area contributed by atoms with Gasteiger partial charge in [-0.2, -0.15) is 0 Å². The number of benzene rings is 1. The highest BCUT2D eigenvalue weighted by atomic mass is 32.2. The second kappa shape index (κ2) is 7.12. The molecule has 1 fully saturated rings. The van der Waals surface area contributed by atoms with Crippen LogP contribution in [0.2, 0.25) is 0 Å². The Morgan fingerprint density at radius 2 is 2.14 bits per heavy atom. The third kappa shape index (κ3) is 3.75. The van der Waals surface area contributed by atoms with Gasteiger partial charge in [0.2, 0.25) is 5.91 Å². The van der Waals surface area contributed by atoms with Gasteiger partial charge in [-0.15, -0.1) is 0 Å². The fourth-order valence-electron chi connectivity index (χ4n) is 1.91. The maximum absolute atomic E-state index is 12.1. The fourth-order valence-corrected chi connectivity index (χ4v) is 2.66. The number of carbonyl (C=O) groups excluding carboxylic acids is 3. The number of hydrogen-bond donors (Lipinski definition) is 1. The van der Waals surface area contributed by atoms with Crippen LogP contribution in [0.4, 0.5) is 4.79 Å². The first kappa shape index (κ1) is 15.4. The van der Waals surface area contributed by atoms with Crippen molar-refractivity contribution in [3.8, 4) is 5.75 Å². The van der Waals surface area contributed by atoms with Gasteiger partial charge in [-0.25, -0.2) is 0 Å². The van der Waals surface area contributed by atoms with E-state index in [4.69, 9.17) is 4.74 Å². The Labute approximate surface area is 126 Å². The second-order valence-corrected chi connectivity index (χ2v) is 5.21. The zero-order valence-corrected chi connectivity index (χ0v) is 12.4. The van der Waals surface area contributed by atoms with E-state index in [9.17, 15) is 14.4 Å². The summed E-state index contributed by atoms with van der Waals surface area (Å²) in [6.07, 6.45) is 0. The van der Waals surface area contributed by atoms with Crippen LogP contribution in [0.15, 0.2) is 24.3 Å². The number of carbonyl (C=O) groups is 3. The van der Waals surface area contributed by atoms with Gasteiger partial charge in [-0.3, -0.25) is 19.3 Å². The molecule has 21 heavy (non-hydrogen) atoms. The molecule has 7 heteroatoms. The molecule has 0 radical (unpaired) electrons.